The molecule has 4 nitrogen and oxygen atoms in total. The van der Waals surface area contributed by atoms with Gasteiger partial charge in [0.15, 0.2) is 0 Å². The Morgan fingerprint density at radius 3 is 2.28 bits per heavy atom. The second-order valence-electron chi connectivity index (χ2n) is 9.27. The van der Waals surface area contributed by atoms with Gasteiger partial charge in [-0.15, -0.1) is 11.3 Å². The summed E-state index contributed by atoms with van der Waals surface area (Å²) in [4.78, 5) is 31.0. The van der Waals surface area contributed by atoms with E-state index in [2.05, 4.69) is 26.8 Å². The maximum atomic E-state index is 13.3. The number of amides is 2. The fourth-order valence-corrected chi connectivity index (χ4v) is 4.04. The number of nitrogens with zero attached hydrogens (tertiary/aromatic N) is 2. The monoisotopic (exact) mass is 412 g/mol. The van der Waals surface area contributed by atoms with Crippen molar-refractivity contribution in [1.82, 2.24) is 9.80 Å². The van der Waals surface area contributed by atoms with E-state index in [1.807, 2.05) is 46.7 Å². The van der Waals surface area contributed by atoms with Crippen LogP contribution in [0.15, 0.2) is 47.8 Å². The van der Waals surface area contributed by atoms with E-state index >= 15 is 0 Å². The van der Waals surface area contributed by atoms with Crippen LogP contribution in [0.4, 0.5) is 0 Å². The van der Waals surface area contributed by atoms with Gasteiger partial charge in [0.1, 0.15) is 0 Å². The predicted octanol–water partition coefficient (Wildman–Crippen LogP) is 4.95. The Kier molecular flexibility index (Phi) is 7.12. The third-order valence-electron chi connectivity index (χ3n) is 5.03. The first-order valence-corrected chi connectivity index (χ1v) is 11.3. The number of hydrogen-bond donors (Lipinski definition) is 0. The highest BCUT2D eigenvalue weighted by molar-refractivity contribution is 7.09. The van der Waals surface area contributed by atoms with Crippen LogP contribution in [-0.2, 0) is 22.7 Å². The highest BCUT2D eigenvalue weighted by Crippen LogP contribution is 2.31. The Morgan fingerprint density at radius 1 is 0.966 bits per heavy atom. The van der Waals surface area contributed by atoms with Gasteiger partial charge >= 0.3 is 0 Å². The van der Waals surface area contributed by atoms with Gasteiger partial charge in [-0.05, 0) is 41.2 Å². The first-order valence-electron chi connectivity index (χ1n) is 10.4. The zero-order chi connectivity index (χ0) is 20.9. The minimum atomic E-state index is -0.0807. The summed E-state index contributed by atoms with van der Waals surface area (Å²) in [6.07, 6.45) is 2.80. The third kappa shape index (κ3) is 7.32. The highest BCUT2D eigenvalue weighted by Gasteiger charge is 2.30. The van der Waals surface area contributed by atoms with Crippen molar-refractivity contribution in [3.8, 4) is 0 Å². The topological polar surface area (TPSA) is 40.6 Å². The van der Waals surface area contributed by atoms with Crippen LogP contribution in [0.5, 0.6) is 0 Å². The molecule has 0 unspecified atom stereocenters. The molecule has 0 saturated heterocycles. The van der Waals surface area contributed by atoms with Gasteiger partial charge in [0.05, 0.1) is 13.1 Å². The summed E-state index contributed by atoms with van der Waals surface area (Å²) in [6.45, 7) is 8.22. The van der Waals surface area contributed by atoms with Crippen molar-refractivity contribution in [3.63, 3.8) is 0 Å². The Balaban J connectivity index is 1.72. The fraction of sp³-hybridized carbons (Fsp3) is 0.500. The van der Waals surface area contributed by atoms with Crippen LogP contribution < -0.4 is 0 Å². The van der Waals surface area contributed by atoms with Crippen LogP contribution in [0.3, 0.4) is 0 Å². The lowest BCUT2D eigenvalue weighted by Crippen LogP contribution is -2.44. The summed E-state index contributed by atoms with van der Waals surface area (Å²) in [5.41, 5.74) is 1.02. The average Bonchev–Trinajstić information content (AvgIpc) is 3.32. The molecule has 0 bridgehead atoms. The van der Waals surface area contributed by atoms with Gasteiger partial charge < -0.3 is 9.80 Å². The summed E-state index contributed by atoms with van der Waals surface area (Å²) in [7, 11) is 0. The van der Waals surface area contributed by atoms with Crippen molar-refractivity contribution in [2.45, 2.75) is 53.1 Å². The van der Waals surface area contributed by atoms with Gasteiger partial charge in [-0.2, -0.15) is 0 Å². The average molecular weight is 413 g/mol. The largest absolute Gasteiger partial charge is 0.333 e. The molecular weight excluding hydrogens is 380 g/mol. The molecule has 0 aliphatic heterocycles. The third-order valence-corrected chi connectivity index (χ3v) is 5.89. The van der Waals surface area contributed by atoms with Gasteiger partial charge in [-0.1, -0.05) is 57.2 Å². The molecule has 5 heteroatoms. The molecule has 0 radical (unpaired) electrons. The highest BCUT2D eigenvalue weighted by atomic mass is 32.1. The van der Waals surface area contributed by atoms with Crippen LogP contribution in [0.1, 0.15) is 50.5 Å². The molecule has 1 aromatic heterocycles. The molecule has 1 aliphatic carbocycles. The van der Waals surface area contributed by atoms with Gasteiger partial charge in [0.2, 0.25) is 11.8 Å². The van der Waals surface area contributed by atoms with Crippen molar-refractivity contribution in [3.05, 3.63) is 58.3 Å². The molecular formula is C24H32N2O2S. The van der Waals surface area contributed by atoms with Crippen molar-refractivity contribution in [1.29, 1.82) is 0 Å². The standard InChI is InChI=1S/C24H32N2O2S/c1-24(2,3)14-22(27)26(16-20-11-12-20)18-23(28)25(17-21-10-7-13-29-21)15-19-8-5-4-6-9-19/h4-10,13,20H,11-12,14-18H2,1-3H3. The van der Waals surface area contributed by atoms with Crippen molar-refractivity contribution in [2.75, 3.05) is 13.1 Å². The molecule has 1 aliphatic rings. The van der Waals surface area contributed by atoms with Crippen LogP contribution in [-0.4, -0.2) is 34.7 Å². The Bertz CT molecular complexity index is 792. The lowest BCUT2D eigenvalue weighted by atomic mass is 9.91. The molecule has 1 heterocycles. The molecule has 3 rings (SSSR count). The van der Waals surface area contributed by atoms with E-state index in [1.165, 1.54) is 0 Å². The van der Waals surface area contributed by atoms with E-state index in [0.717, 1.165) is 23.3 Å². The molecule has 1 saturated carbocycles. The number of rotatable bonds is 9. The van der Waals surface area contributed by atoms with E-state index in [-0.39, 0.29) is 23.8 Å². The zero-order valence-electron chi connectivity index (χ0n) is 17.8. The minimum absolute atomic E-state index is 0.0187. The lowest BCUT2D eigenvalue weighted by molar-refractivity contribution is -0.142. The first kappa shape index (κ1) is 21.6. The first-order chi connectivity index (χ1) is 13.8. The second kappa shape index (κ2) is 9.57. The normalized spacial score (nSPS) is 13.9. The number of carbonyl (C=O) groups excluding carboxylic acids is 2. The summed E-state index contributed by atoms with van der Waals surface area (Å²) < 4.78 is 0. The van der Waals surface area contributed by atoms with E-state index in [0.29, 0.717) is 32.0 Å². The molecule has 0 N–H and O–H groups in total. The molecule has 0 spiro atoms. The second-order valence-corrected chi connectivity index (χ2v) is 10.3. The lowest BCUT2D eigenvalue weighted by Gasteiger charge is -2.29. The number of carbonyl (C=O) groups is 2. The number of thiophene rings is 1. The van der Waals surface area contributed by atoms with Gasteiger partial charge in [0, 0.05) is 24.4 Å². The van der Waals surface area contributed by atoms with Crippen LogP contribution >= 0.6 is 11.3 Å². The summed E-state index contributed by atoms with van der Waals surface area (Å²) in [5, 5.41) is 2.03. The van der Waals surface area contributed by atoms with E-state index in [1.54, 1.807) is 16.2 Å². The maximum absolute atomic E-state index is 13.3. The summed E-state index contributed by atoms with van der Waals surface area (Å²) >= 11 is 1.66. The fourth-order valence-electron chi connectivity index (χ4n) is 3.32. The molecule has 0 atom stereocenters. The maximum Gasteiger partial charge on any atom is 0.242 e. The quantitative estimate of drug-likeness (QED) is 0.584. The van der Waals surface area contributed by atoms with Crippen molar-refractivity contribution < 1.29 is 9.59 Å². The molecule has 1 aromatic carbocycles. The minimum Gasteiger partial charge on any atom is -0.333 e. The van der Waals surface area contributed by atoms with E-state index in [9.17, 15) is 9.59 Å². The van der Waals surface area contributed by atoms with Gasteiger partial charge in [-0.3, -0.25) is 9.59 Å². The molecule has 29 heavy (non-hydrogen) atoms. The molecule has 1 fully saturated rings. The van der Waals surface area contributed by atoms with Crippen molar-refractivity contribution >= 4 is 23.2 Å². The summed E-state index contributed by atoms with van der Waals surface area (Å²) in [5.74, 6) is 0.672. The van der Waals surface area contributed by atoms with Crippen LogP contribution in [0.25, 0.3) is 0 Å². The Labute approximate surface area is 178 Å². The molecule has 156 valence electrons. The Hall–Kier alpha value is -2.14. The number of benzene rings is 1. The zero-order valence-corrected chi connectivity index (χ0v) is 18.6. The van der Waals surface area contributed by atoms with Crippen LogP contribution in [0, 0.1) is 11.3 Å². The van der Waals surface area contributed by atoms with Gasteiger partial charge in [-0.25, -0.2) is 0 Å². The SMILES string of the molecule is CC(C)(C)CC(=O)N(CC(=O)N(Cc1ccccc1)Cc1cccs1)CC1CC1. The molecule has 2 amide bonds. The number of hydrogen-bond acceptors (Lipinski definition) is 3. The Morgan fingerprint density at radius 2 is 1.69 bits per heavy atom. The van der Waals surface area contributed by atoms with E-state index in [4.69, 9.17) is 0 Å². The van der Waals surface area contributed by atoms with E-state index < -0.39 is 0 Å². The smallest absolute Gasteiger partial charge is 0.242 e. The predicted molar refractivity (Wildman–Crippen MR) is 118 cm³/mol. The molecule has 2 aromatic rings. The summed E-state index contributed by atoms with van der Waals surface area (Å²) in [6, 6.07) is 14.1. The van der Waals surface area contributed by atoms with Gasteiger partial charge in [0.25, 0.3) is 0 Å². The van der Waals surface area contributed by atoms with Crippen molar-refractivity contribution in [2.24, 2.45) is 11.3 Å². The van der Waals surface area contributed by atoms with Crippen LogP contribution in [0.2, 0.25) is 0 Å².